The van der Waals surface area contributed by atoms with Crippen molar-refractivity contribution in [3.8, 4) is 11.1 Å². The van der Waals surface area contributed by atoms with E-state index in [-0.39, 0.29) is 5.92 Å². The Bertz CT molecular complexity index is 760. The summed E-state index contributed by atoms with van der Waals surface area (Å²) in [4.78, 5) is 11.8. The average Bonchev–Trinajstić information content (AvgIpc) is 2.62. The number of rotatable bonds is 4. The van der Waals surface area contributed by atoms with Gasteiger partial charge >= 0.3 is 12.1 Å². The topological polar surface area (TPSA) is 37.3 Å². The van der Waals surface area contributed by atoms with Crippen LogP contribution in [0.3, 0.4) is 0 Å². The summed E-state index contributed by atoms with van der Waals surface area (Å²) in [6.45, 7) is 0. The van der Waals surface area contributed by atoms with Gasteiger partial charge in [-0.1, -0.05) is 55.7 Å². The molecular formula is C21H21F3O2. The van der Waals surface area contributed by atoms with Crippen molar-refractivity contribution < 1.29 is 23.1 Å². The summed E-state index contributed by atoms with van der Waals surface area (Å²) in [6.07, 6.45) is 0.689. The Morgan fingerprint density at radius 1 is 0.962 bits per heavy atom. The van der Waals surface area contributed by atoms with Gasteiger partial charge in [0.15, 0.2) is 0 Å². The lowest BCUT2D eigenvalue weighted by Gasteiger charge is -2.27. The standard InChI is InChI=1S/C21H21F3O2/c22-21(23,24)18-8-4-7-17(13-18)14-9-11-16(12-10-14)19(20(25)26)15-5-2-1-3-6-15/h4,7-13,15,19H,1-3,5-6H2,(H,25,26). The summed E-state index contributed by atoms with van der Waals surface area (Å²) < 4.78 is 38.6. The summed E-state index contributed by atoms with van der Waals surface area (Å²) in [7, 11) is 0. The van der Waals surface area contributed by atoms with Gasteiger partial charge in [-0.3, -0.25) is 4.79 Å². The summed E-state index contributed by atoms with van der Waals surface area (Å²) in [6, 6.07) is 12.1. The molecule has 1 unspecified atom stereocenters. The van der Waals surface area contributed by atoms with Crippen LogP contribution in [0.5, 0.6) is 0 Å². The highest BCUT2D eigenvalue weighted by atomic mass is 19.4. The van der Waals surface area contributed by atoms with Crippen molar-refractivity contribution in [3.05, 3.63) is 59.7 Å². The van der Waals surface area contributed by atoms with E-state index in [9.17, 15) is 23.1 Å². The van der Waals surface area contributed by atoms with E-state index in [0.717, 1.165) is 49.8 Å². The molecule has 1 atom stereocenters. The average molecular weight is 362 g/mol. The lowest BCUT2D eigenvalue weighted by Crippen LogP contribution is -2.23. The van der Waals surface area contributed by atoms with Gasteiger partial charge in [-0.15, -0.1) is 0 Å². The summed E-state index contributed by atoms with van der Waals surface area (Å²) in [5, 5.41) is 9.67. The zero-order chi connectivity index (χ0) is 18.7. The molecule has 0 spiro atoms. The molecule has 0 heterocycles. The molecule has 0 amide bonds. The second kappa shape index (κ2) is 7.52. The first-order chi connectivity index (χ1) is 12.4. The Hall–Kier alpha value is -2.30. The fraction of sp³-hybridized carbons (Fsp3) is 0.381. The molecule has 138 valence electrons. The third kappa shape index (κ3) is 4.09. The first kappa shape index (κ1) is 18.5. The summed E-state index contributed by atoms with van der Waals surface area (Å²) >= 11 is 0. The first-order valence-electron chi connectivity index (χ1n) is 8.86. The van der Waals surface area contributed by atoms with E-state index in [1.165, 1.54) is 6.07 Å². The third-order valence-electron chi connectivity index (χ3n) is 5.18. The molecular weight excluding hydrogens is 341 g/mol. The van der Waals surface area contributed by atoms with E-state index in [4.69, 9.17) is 0 Å². The molecule has 2 aromatic rings. The number of aliphatic carboxylic acids is 1. The fourth-order valence-electron chi connectivity index (χ4n) is 3.84. The van der Waals surface area contributed by atoms with Crippen LogP contribution in [0.15, 0.2) is 48.5 Å². The van der Waals surface area contributed by atoms with Crippen molar-refractivity contribution in [3.63, 3.8) is 0 Å². The number of alkyl halides is 3. The monoisotopic (exact) mass is 362 g/mol. The van der Waals surface area contributed by atoms with Gasteiger partial charge in [-0.25, -0.2) is 0 Å². The molecule has 1 aliphatic carbocycles. The lowest BCUT2D eigenvalue weighted by molar-refractivity contribution is -0.140. The Labute approximate surface area is 150 Å². The van der Waals surface area contributed by atoms with Crippen LogP contribution in [-0.2, 0) is 11.0 Å². The molecule has 3 rings (SSSR count). The van der Waals surface area contributed by atoms with Gasteiger partial charge in [0.2, 0.25) is 0 Å². The van der Waals surface area contributed by atoms with E-state index >= 15 is 0 Å². The largest absolute Gasteiger partial charge is 0.481 e. The maximum Gasteiger partial charge on any atom is 0.416 e. The molecule has 1 N–H and O–H groups in total. The summed E-state index contributed by atoms with van der Waals surface area (Å²) in [5.74, 6) is -1.25. The Balaban J connectivity index is 1.86. The normalized spacial score (nSPS) is 17.0. The molecule has 0 aromatic heterocycles. The van der Waals surface area contributed by atoms with Crippen molar-refractivity contribution in [2.24, 2.45) is 5.92 Å². The molecule has 5 heteroatoms. The molecule has 26 heavy (non-hydrogen) atoms. The van der Waals surface area contributed by atoms with Gasteiger partial charge in [0.1, 0.15) is 0 Å². The van der Waals surface area contributed by atoms with Gasteiger partial charge in [-0.2, -0.15) is 13.2 Å². The molecule has 1 saturated carbocycles. The minimum Gasteiger partial charge on any atom is -0.481 e. The van der Waals surface area contributed by atoms with Crippen LogP contribution in [0.1, 0.15) is 49.1 Å². The third-order valence-corrected chi connectivity index (χ3v) is 5.18. The minimum absolute atomic E-state index is 0.126. The van der Waals surface area contributed by atoms with Crippen LogP contribution in [0, 0.1) is 5.92 Å². The number of hydrogen-bond donors (Lipinski definition) is 1. The molecule has 0 bridgehead atoms. The van der Waals surface area contributed by atoms with Crippen molar-refractivity contribution in [2.45, 2.75) is 44.2 Å². The highest BCUT2D eigenvalue weighted by Gasteiger charge is 2.31. The van der Waals surface area contributed by atoms with Crippen LogP contribution >= 0.6 is 0 Å². The van der Waals surface area contributed by atoms with Gasteiger partial charge < -0.3 is 5.11 Å². The predicted molar refractivity (Wildman–Crippen MR) is 93.8 cm³/mol. The fourth-order valence-corrected chi connectivity index (χ4v) is 3.84. The van der Waals surface area contributed by atoms with Gasteiger partial charge in [0, 0.05) is 0 Å². The minimum atomic E-state index is -4.38. The van der Waals surface area contributed by atoms with Crippen LogP contribution < -0.4 is 0 Å². The van der Waals surface area contributed by atoms with Gasteiger partial charge in [0.25, 0.3) is 0 Å². The van der Waals surface area contributed by atoms with Crippen molar-refractivity contribution >= 4 is 5.97 Å². The van der Waals surface area contributed by atoms with Crippen LogP contribution in [0.4, 0.5) is 13.2 Å². The molecule has 0 radical (unpaired) electrons. The molecule has 0 aliphatic heterocycles. The van der Waals surface area contributed by atoms with E-state index in [1.54, 1.807) is 30.3 Å². The van der Waals surface area contributed by atoms with Crippen LogP contribution in [0.25, 0.3) is 11.1 Å². The SMILES string of the molecule is O=C(O)C(c1ccc(-c2cccc(C(F)(F)F)c2)cc1)C1CCCCC1. The lowest BCUT2D eigenvalue weighted by atomic mass is 9.76. The quantitative estimate of drug-likeness (QED) is 0.711. The Morgan fingerprint density at radius 3 is 2.19 bits per heavy atom. The Morgan fingerprint density at radius 2 is 1.62 bits per heavy atom. The summed E-state index contributed by atoms with van der Waals surface area (Å²) in [5.41, 5.74) is 1.15. The molecule has 0 saturated heterocycles. The number of hydrogen-bond acceptors (Lipinski definition) is 1. The number of halogens is 3. The maximum atomic E-state index is 12.9. The zero-order valence-electron chi connectivity index (χ0n) is 14.3. The van der Waals surface area contributed by atoms with Gasteiger partial charge in [0.05, 0.1) is 11.5 Å². The predicted octanol–water partition coefficient (Wildman–Crippen LogP) is 6.12. The van der Waals surface area contributed by atoms with Gasteiger partial charge in [-0.05, 0) is 47.6 Å². The number of carboxylic acid groups (broad SMARTS) is 1. The second-order valence-electron chi connectivity index (χ2n) is 6.91. The first-order valence-corrected chi connectivity index (χ1v) is 8.86. The van der Waals surface area contributed by atoms with Crippen molar-refractivity contribution in [1.82, 2.24) is 0 Å². The van der Waals surface area contributed by atoms with Crippen molar-refractivity contribution in [1.29, 1.82) is 0 Å². The van der Waals surface area contributed by atoms with Crippen LogP contribution in [0.2, 0.25) is 0 Å². The van der Waals surface area contributed by atoms with Crippen molar-refractivity contribution in [2.75, 3.05) is 0 Å². The van der Waals surface area contributed by atoms with E-state index < -0.39 is 23.6 Å². The zero-order valence-corrected chi connectivity index (χ0v) is 14.3. The maximum absolute atomic E-state index is 12.9. The van der Waals surface area contributed by atoms with Crippen LogP contribution in [-0.4, -0.2) is 11.1 Å². The molecule has 2 aromatic carbocycles. The Kier molecular flexibility index (Phi) is 5.35. The molecule has 1 aliphatic rings. The number of carboxylic acids is 1. The highest BCUT2D eigenvalue weighted by Crippen LogP contribution is 2.37. The number of benzene rings is 2. The highest BCUT2D eigenvalue weighted by molar-refractivity contribution is 5.77. The second-order valence-corrected chi connectivity index (χ2v) is 6.91. The smallest absolute Gasteiger partial charge is 0.416 e. The molecule has 1 fully saturated rings. The van der Waals surface area contributed by atoms with E-state index in [0.29, 0.717) is 11.1 Å². The number of carbonyl (C=O) groups is 1. The van der Waals surface area contributed by atoms with E-state index in [1.807, 2.05) is 0 Å². The molecule has 2 nitrogen and oxygen atoms in total. The van der Waals surface area contributed by atoms with E-state index in [2.05, 4.69) is 0 Å².